The number of carbonyl (C=O) groups excluding carboxylic acids is 1. The minimum Gasteiger partial charge on any atom is -0.467 e. The fourth-order valence-electron chi connectivity index (χ4n) is 4.82. The summed E-state index contributed by atoms with van der Waals surface area (Å²) in [6.45, 7) is 5.07. The summed E-state index contributed by atoms with van der Waals surface area (Å²) in [5.41, 5.74) is 3.26. The Bertz CT molecular complexity index is 1240. The van der Waals surface area contributed by atoms with Crippen molar-refractivity contribution in [3.8, 4) is 17.4 Å². The topological polar surface area (TPSA) is 106 Å². The van der Waals surface area contributed by atoms with Gasteiger partial charge in [0.05, 0.1) is 41.2 Å². The smallest absolute Gasteiger partial charge is 0.316 e. The lowest BCUT2D eigenvalue weighted by molar-refractivity contribution is -0.131. The highest BCUT2D eigenvalue weighted by Crippen LogP contribution is 2.38. The van der Waals surface area contributed by atoms with Crippen LogP contribution in [0, 0.1) is 6.92 Å². The van der Waals surface area contributed by atoms with Crippen LogP contribution in [0.2, 0.25) is 5.02 Å². The largest absolute Gasteiger partial charge is 0.467 e. The molecule has 10 heteroatoms. The standard InChI is InChI=1S/C24H26ClN7O2/c1-14(19-18(25)12-28-23(30-19)34-3)22(33)32-10-7-24(13-32)6-5-16-11-17(15(2)29-20(16)31-24)21-26-8-4-9-27-21/h4,8-9,11-12,14H,5-7,10,13H2,1-3H3,(H,29,31)/t14?,24-/m0/s1. The number of nitrogens with one attached hydrogen (secondary N) is 1. The quantitative estimate of drug-likeness (QED) is 0.606. The third-order valence-electron chi connectivity index (χ3n) is 6.73. The highest BCUT2D eigenvalue weighted by atomic mass is 35.5. The summed E-state index contributed by atoms with van der Waals surface area (Å²) in [6, 6.07) is 4.14. The SMILES string of the molecule is COc1ncc(Cl)c(C(C)C(=O)N2CC[C@@]3(CCc4cc(-c5ncccn5)c(C)nc4N3)C2)n1. The lowest BCUT2D eigenvalue weighted by Gasteiger charge is -2.36. The fraction of sp³-hybridized carbons (Fsp3) is 0.417. The van der Waals surface area contributed by atoms with E-state index in [1.165, 1.54) is 13.3 Å². The average molecular weight is 480 g/mol. The Morgan fingerprint density at radius 2 is 2.03 bits per heavy atom. The van der Waals surface area contributed by atoms with Crippen LogP contribution in [-0.2, 0) is 11.2 Å². The Morgan fingerprint density at radius 3 is 2.79 bits per heavy atom. The molecule has 0 bridgehead atoms. The van der Waals surface area contributed by atoms with Crippen molar-refractivity contribution >= 4 is 23.3 Å². The fourth-order valence-corrected chi connectivity index (χ4v) is 5.08. The minimum absolute atomic E-state index is 0.00663. The van der Waals surface area contributed by atoms with Gasteiger partial charge in [0.2, 0.25) is 5.91 Å². The number of rotatable bonds is 4. The van der Waals surface area contributed by atoms with Gasteiger partial charge in [-0.15, -0.1) is 0 Å². The molecule has 34 heavy (non-hydrogen) atoms. The molecule has 1 spiro atoms. The number of aryl methyl sites for hydroxylation is 2. The van der Waals surface area contributed by atoms with Gasteiger partial charge in [0.1, 0.15) is 5.82 Å². The molecule has 1 unspecified atom stereocenters. The number of aromatic nitrogens is 5. The zero-order valence-electron chi connectivity index (χ0n) is 19.4. The Labute approximate surface area is 203 Å². The van der Waals surface area contributed by atoms with E-state index in [2.05, 4.69) is 31.3 Å². The summed E-state index contributed by atoms with van der Waals surface area (Å²) in [4.78, 5) is 37.1. The average Bonchev–Trinajstić information content (AvgIpc) is 3.26. The third kappa shape index (κ3) is 4.04. The van der Waals surface area contributed by atoms with Crippen molar-refractivity contribution in [2.24, 2.45) is 0 Å². The number of amides is 1. The van der Waals surface area contributed by atoms with Crippen LogP contribution >= 0.6 is 11.6 Å². The summed E-state index contributed by atoms with van der Waals surface area (Å²) in [6.07, 6.45) is 7.60. The number of anilines is 1. The second-order valence-electron chi connectivity index (χ2n) is 8.93. The van der Waals surface area contributed by atoms with E-state index in [0.717, 1.165) is 41.9 Å². The molecule has 176 valence electrons. The maximum absolute atomic E-state index is 13.3. The van der Waals surface area contributed by atoms with Crippen LogP contribution < -0.4 is 10.1 Å². The van der Waals surface area contributed by atoms with E-state index in [1.54, 1.807) is 18.5 Å². The van der Waals surface area contributed by atoms with Gasteiger partial charge in [-0.2, -0.15) is 4.98 Å². The van der Waals surface area contributed by atoms with Gasteiger partial charge >= 0.3 is 6.01 Å². The van der Waals surface area contributed by atoms with E-state index in [9.17, 15) is 4.79 Å². The normalized spacial score (nSPS) is 20.1. The van der Waals surface area contributed by atoms with Crippen LogP contribution in [0.5, 0.6) is 6.01 Å². The number of methoxy groups -OCH3 is 1. The molecular weight excluding hydrogens is 454 g/mol. The number of nitrogens with zero attached hydrogens (tertiary/aromatic N) is 6. The molecule has 2 atom stereocenters. The number of hydrogen-bond donors (Lipinski definition) is 1. The van der Waals surface area contributed by atoms with Crippen LogP contribution in [-0.4, -0.2) is 61.5 Å². The van der Waals surface area contributed by atoms with Crippen molar-refractivity contribution in [1.82, 2.24) is 29.8 Å². The molecule has 3 aromatic rings. The van der Waals surface area contributed by atoms with Crippen LogP contribution in [0.15, 0.2) is 30.7 Å². The van der Waals surface area contributed by atoms with Gasteiger partial charge in [-0.3, -0.25) is 4.79 Å². The minimum atomic E-state index is -0.496. The highest BCUT2D eigenvalue weighted by molar-refractivity contribution is 6.31. The predicted molar refractivity (Wildman–Crippen MR) is 128 cm³/mol. The molecule has 2 aliphatic heterocycles. The van der Waals surface area contributed by atoms with E-state index in [-0.39, 0.29) is 17.5 Å². The number of pyridine rings is 1. The summed E-state index contributed by atoms with van der Waals surface area (Å²) in [5, 5.41) is 4.03. The van der Waals surface area contributed by atoms with Crippen molar-refractivity contribution in [2.45, 2.75) is 44.6 Å². The van der Waals surface area contributed by atoms with Crippen molar-refractivity contribution in [3.05, 3.63) is 52.7 Å². The van der Waals surface area contributed by atoms with Gasteiger partial charge in [0.15, 0.2) is 5.82 Å². The molecule has 3 aromatic heterocycles. The first-order valence-electron chi connectivity index (χ1n) is 11.3. The van der Waals surface area contributed by atoms with E-state index in [1.807, 2.05) is 18.7 Å². The molecule has 1 fully saturated rings. The van der Waals surface area contributed by atoms with Crippen molar-refractivity contribution in [2.75, 3.05) is 25.5 Å². The van der Waals surface area contributed by atoms with Crippen molar-refractivity contribution in [3.63, 3.8) is 0 Å². The molecule has 1 saturated heterocycles. The second-order valence-corrected chi connectivity index (χ2v) is 9.34. The van der Waals surface area contributed by atoms with Crippen LogP contribution in [0.25, 0.3) is 11.4 Å². The molecule has 9 nitrogen and oxygen atoms in total. The highest BCUT2D eigenvalue weighted by Gasteiger charge is 2.43. The second kappa shape index (κ2) is 8.79. The molecule has 0 radical (unpaired) electrons. The summed E-state index contributed by atoms with van der Waals surface area (Å²) in [5.74, 6) is 1.06. The summed E-state index contributed by atoms with van der Waals surface area (Å²) >= 11 is 6.29. The van der Waals surface area contributed by atoms with E-state index in [0.29, 0.717) is 29.6 Å². The maximum Gasteiger partial charge on any atom is 0.316 e. The van der Waals surface area contributed by atoms with Gasteiger partial charge in [-0.05, 0) is 50.8 Å². The number of carbonyl (C=O) groups is 1. The zero-order chi connectivity index (χ0) is 23.9. The van der Waals surface area contributed by atoms with E-state index < -0.39 is 5.92 Å². The summed E-state index contributed by atoms with van der Waals surface area (Å²) < 4.78 is 5.10. The lowest BCUT2D eigenvalue weighted by Crippen LogP contribution is -2.46. The Hall–Kier alpha value is -3.33. The molecule has 5 heterocycles. The summed E-state index contributed by atoms with van der Waals surface area (Å²) in [7, 11) is 1.49. The van der Waals surface area contributed by atoms with Crippen LogP contribution in [0.1, 0.15) is 42.6 Å². The Balaban J connectivity index is 1.33. The van der Waals surface area contributed by atoms with Crippen LogP contribution in [0.3, 0.4) is 0 Å². The maximum atomic E-state index is 13.3. The zero-order valence-corrected chi connectivity index (χ0v) is 20.1. The Kier molecular flexibility index (Phi) is 5.81. The predicted octanol–water partition coefficient (Wildman–Crippen LogP) is 3.43. The van der Waals surface area contributed by atoms with Crippen molar-refractivity contribution in [1.29, 1.82) is 0 Å². The molecule has 0 saturated carbocycles. The molecule has 1 N–H and O–H groups in total. The van der Waals surface area contributed by atoms with Gasteiger partial charge in [0.25, 0.3) is 0 Å². The number of likely N-dealkylation sites (tertiary alicyclic amines) is 1. The lowest BCUT2D eigenvalue weighted by atomic mass is 9.86. The molecule has 0 aromatic carbocycles. The van der Waals surface area contributed by atoms with Gasteiger partial charge in [-0.1, -0.05) is 11.6 Å². The van der Waals surface area contributed by atoms with Gasteiger partial charge in [0, 0.05) is 31.0 Å². The number of hydrogen-bond acceptors (Lipinski definition) is 8. The first-order chi connectivity index (χ1) is 16.4. The van der Waals surface area contributed by atoms with E-state index >= 15 is 0 Å². The molecule has 0 aliphatic carbocycles. The van der Waals surface area contributed by atoms with Gasteiger partial charge < -0.3 is 15.0 Å². The van der Waals surface area contributed by atoms with E-state index in [4.69, 9.17) is 21.3 Å². The molecule has 1 amide bonds. The van der Waals surface area contributed by atoms with Crippen molar-refractivity contribution < 1.29 is 9.53 Å². The number of ether oxygens (including phenoxy) is 1. The molecule has 5 rings (SSSR count). The Morgan fingerprint density at radius 1 is 1.24 bits per heavy atom. The van der Waals surface area contributed by atoms with Gasteiger partial charge in [-0.25, -0.2) is 19.9 Å². The number of fused-ring (bicyclic) bond motifs is 1. The molecule has 2 aliphatic rings. The first kappa shape index (κ1) is 22.5. The van der Waals surface area contributed by atoms with Crippen LogP contribution in [0.4, 0.5) is 5.82 Å². The number of halogens is 1. The molecular formula is C24H26ClN7O2. The third-order valence-corrected chi connectivity index (χ3v) is 7.02. The first-order valence-corrected chi connectivity index (χ1v) is 11.7. The monoisotopic (exact) mass is 479 g/mol.